The van der Waals surface area contributed by atoms with E-state index in [1.54, 1.807) is 0 Å². The van der Waals surface area contributed by atoms with Crippen LogP contribution in [0.5, 0.6) is 0 Å². The Morgan fingerprint density at radius 1 is 1.15 bits per heavy atom. The van der Waals surface area contributed by atoms with Gasteiger partial charge < -0.3 is 15.7 Å². The first-order chi connectivity index (χ1) is 9.56. The molecule has 8 heteroatoms. The number of hydrogen-bond acceptors (Lipinski definition) is 4. The smallest absolute Gasteiger partial charge is 0.337 e. The molecule has 0 bridgehead atoms. The lowest BCUT2D eigenvalue weighted by atomic mass is 10.2. The van der Waals surface area contributed by atoms with Gasteiger partial charge in [-0.2, -0.15) is 0 Å². The van der Waals surface area contributed by atoms with Gasteiger partial charge in [0.1, 0.15) is 6.33 Å². The van der Waals surface area contributed by atoms with Crippen molar-refractivity contribution in [2.45, 2.75) is 0 Å². The van der Waals surface area contributed by atoms with Crippen LogP contribution in [0.2, 0.25) is 5.02 Å². The molecule has 2 aromatic rings. The average Bonchev–Trinajstić information content (AvgIpc) is 2.41. The molecule has 1 heterocycles. The van der Waals surface area contributed by atoms with Crippen LogP contribution in [0.25, 0.3) is 0 Å². The third-order valence-corrected chi connectivity index (χ3v) is 2.51. The standard InChI is InChI=1S/C12H9ClN4O3/c13-7-1-2-10(9(3-7)11(18)19)17-12(20)16-8-4-14-6-15-5-8/h1-6H,(H,18,19)(H2,16,17,20). The monoisotopic (exact) mass is 292 g/mol. The highest BCUT2D eigenvalue weighted by molar-refractivity contribution is 6.31. The highest BCUT2D eigenvalue weighted by Gasteiger charge is 2.13. The maximum Gasteiger partial charge on any atom is 0.337 e. The van der Waals surface area contributed by atoms with Crippen LogP contribution in [0.15, 0.2) is 36.9 Å². The molecule has 0 aliphatic carbocycles. The summed E-state index contributed by atoms with van der Waals surface area (Å²) in [7, 11) is 0. The van der Waals surface area contributed by atoms with Crippen molar-refractivity contribution in [3.8, 4) is 0 Å². The van der Waals surface area contributed by atoms with E-state index < -0.39 is 12.0 Å². The molecule has 102 valence electrons. The molecule has 3 N–H and O–H groups in total. The number of nitrogens with one attached hydrogen (secondary N) is 2. The zero-order chi connectivity index (χ0) is 14.5. The fourth-order valence-electron chi connectivity index (χ4n) is 1.45. The first-order valence-corrected chi connectivity index (χ1v) is 5.80. The number of anilines is 2. The van der Waals surface area contributed by atoms with E-state index in [0.717, 1.165) is 0 Å². The Morgan fingerprint density at radius 3 is 2.50 bits per heavy atom. The van der Waals surface area contributed by atoms with E-state index in [0.29, 0.717) is 5.69 Å². The number of carboxylic acids is 1. The molecule has 1 aromatic carbocycles. The topological polar surface area (TPSA) is 104 Å². The van der Waals surface area contributed by atoms with Gasteiger partial charge in [-0.15, -0.1) is 0 Å². The van der Waals surface area contributed by atoms with E-state index in [2.05, 4.69) is 20.6 Å². The number of urea groups is 1. The molecular weight excluding hydrogens is 284 g/mol. The molecule has 0 aliphatic rings. The fraction of sp³-hybridized carbons (Fsp3) is 0. The summed E-state index contributed by atoms with van der Waals surface area (Å²) >= 11 is 5.72. The minimum Gasteiger partial charge on any atom is -0.478 e. The van der Waals surface area contributed by atoms with Crippen molar-refractivity contribution in [1.82, 2.24) is 9.97 Å². The molecule has 0 aliphatic heterocycles. The summed E-state index contributed by atoms with van der Waals surface area (Å²) in [6.45, 7) is 0. The van der Waals surface area contributed by atoms with E-state index in [1.165, 1.54) is 36.9 Å². The average molecular weight is 293 g/mol. The van der Waals surface area contributed by atoms with Crippen molar-refractivity contribution in [3.05, 3.63) is 47.5 Å². The molecule has 0 atom stereocenters. The highest BCUT2D eigenvalue weighted by atomic mass is 35.5. The van der Waals surface area contributed by atoms with Crippen LogP contribution in [0.1, 0.15) is 10.4 Å². The van der Waals surface area contributed by atoms with Crippen LogP contribution in [0.4, 0.5) is 16.2 Å². The van der Waals surface area contributed by atoms with Gasteiger partial charge in [0.2, 0.25) is 0 Å². The van der Waals surface area contributed by atoms with Gasteiger partial charge in [-0.25, -0.2) is 19.6 Å². The third kappa shape index (κ3) is 3.42. The molecule has 0 spiro atoms. The third-order valence-electron chi connectivity index (χ3n) is 2.28. The number of halogens is 1. The Bertz CT molecular complexity index is 648. The van der Waals surface area contributed by atoms with Crippen molar-refractivity contribution < 1.29 is 14.7 Å². The second-order valence-electron chi connectivity index (χ2n) is 3.70. The molecule has 0 unspecified atom stereocenters. The van der Waals surface area contributed by atoms with Crippen molar-refractivity contribution >= 4 is 35.0 Å². The summed E-state index contributed by atoms with van der Waals surface area (Å²) in [6, 6.07) is 3.54. The van der Waals surface area contributed by atoms with Crippen LogP contribution in [-0.4, -0.2) is 27.1 Å². The van der Waals surface area contributed by atoms with Gasteiger partial charge in [-0.3, -0.25) is 0 Å². The summed E-state index contributed by atoms with van der Waals surface area (Å²) in [5.41, 5.74) is 0.420. The number of nitrogens with zero attached hydrogens (tertiary/aromatic N) is 2. The maximum absolute atomic E-state index is 11.7. The predicted molar refractivity (Wildman–Crippen MR) is 73.1 cm³/mol. The quantitative estimate of drug-likeness (QED) is 0.806. The van der Waals surface area contributed by atoms with Crippen LogP contribution in [0, 0.1) is 0 Å². The van der Waals surface area contributed by atoms with Crippen LogP contribution >= 0.6 is 11.6 Å². The normalized spacial score (nSPS) is 9.85. The molecule has 0 fully saturated rings. The lowest BCUT2D eigenvalue weighted by molar-refractivity contribution is 0.0698. The minimum absolute atomic E-state index is 0.100. The number of aromatic carboxylic acids is 1. The zero-order valence-electron chi connectivity index (χ0n) is 10.0. The van der Waals surface area contributed by atoms with Gasteiger partial charge >= 0.3 is 12.0 Å². The zero-order valence-corrected chi connectivity index (χ0v) is 10.8. The number of rotatable bonds is 3. The van der Waals surface area contributed by atoms with Gasteiger partial charge in [0.25, 0.3) is 0 Å². The second kappa shape index (κ2) is 5.98. The summed E-state index contributed by atoms with van der Waals surface area (Å²) in [5.74, 6) is -1.19. The van der Waals surface area contributed by atoms with E-state index in [-0.39, 0.29) is 16.3 Å². The lowest BCUT2D eigenvalue weighted by Gasteiger charge is -2.09. The summed E-state index contributed by atoms with van der Waals surface area (Å²) in [4.78, 5) is 30.3. The Kier molecular flexibility index (Phi) is 4.11. The Hall–Kier alpha value is -2.67. The first kappa shape index (κ1) is 13.8. The minimum atomic E-state index is -1.19. The largest absolute Gasteiger partial charge is 0.478 e. The lowest BCUT2D eigenvalue weighted by Crippen LogP contribution is -2.21. The number of carbonyl (C=O) groups excluding carboxylic acids is 1. The SMILES string of the molecule is O=C(Nc1cncnc1)Nc1ccc(Cl)cc1C(=O)O. The molecule has 2 rings (SSSR count). The molecule has 0 radical (unpaired) electrons. The maximum atomic E-state index is 11.7. The van der Waals surface area contributed by atoms with Gasteiger partial charge in [0, 0.05) is 5.02 Å². The van der Waals surface area contributed by atoms with Crippen molar-refractivity contribution in [2.75, 3.05) is 10.6 Å². The van der Waals surface area contributed by atoms with Crippen LogP contribution in [-0.2, 0) is 0 Å². The second-order valence-corrected chi connectivity index (χ2v) is 4.14. The molecule has 20 heavy (non-hydrogen) atoms. The number of amides is 2. The molecular formula is C12H9ClN4O3. The Balaban J connectivity index is 2.14. The number of carbonyl (C=O) groups is 2. The molecule has 1 aromatic heterocycles. The number of aromatic nitrogens is 2. The Labute approximate surface area is 118 Å². The number of hydrogen-bond donors (Lipinski definition) is 3. The van der Waals surface area contributed by atoms with Crippen molar-refractivity contribution in [2.24, 2.45) is 0 Å². The summed E-state index contributed by atoms with van der Waals surface area (Å²) in [6.07, 6.45) is 4.14. The first-order valence-electron chi connectivity index (χ1n) is 5.42. The molecule has 0 saturated carbocycles. The molecule has 0 saturated heterocycles. The Morgan fingerprint density at radius 2 is 1.85 bits per heavy atom. The van der Waals surface area contributed by atoms with E-state index in [4.69, 9.17) is 16.7 Å². The predicted octanol–water partition coefficient (Wildman–Crippen LogP) is 2.47. The van der Waals surface area contributed by atoms with Gasteiger partial charge in [-0.05, 0) is 18.2 Å². The summed E-state index contributed by atoms with van der Waals surface area (Å²) in [5, 5.41) is 14.2. The van der Waals surface area contributed by atoms with Gasteiger partial charge in [-0.1, -0.05) is 11.6 Å². The van der Waals surface area contributed by atoms with E-state index >= 15 is 0 Å². The van der Waals surface area contributed by atoms with Crippen molar-refractivity contribution in [3.63, 3.8) is 0 Å². The van der Waals surface area contributed by atoms with Gasteiger partial charge in [0.05, 0.1) is 29.3 Å². The summed E-state index contributed by atoms with van der Waals surface area (Å²) < 4.78 is 0. The van der Waals surface area contributed by atoms with E-state index in [1.807, 2.05) is 0 Å². The van der Waals surface area contributed by atoms with Crippen LogP contribution in [0.3, 0.4) is 0 Å². The van der Waals surface area contributed by atoms with Gasteiger partial charge in [0.15, 0.2) is 0 Å². The molecule has 2 amide bonds. The number of benzene rings is 1. The number of carboxylic acid groups (broad SMARTS) is 1. The highest BCUT2D eigenvalue weighted by Crippen LogP contribution is 2.21. The fourth-order valence-corrected chi connectivity index (χ4v) is 1.62. The van der Waals surface area contributed by atoms with Crippen molar-refractivity contribution in [1.29, 1.82) is 0 Å². The van der Waals surface area contributed by atoms with Crippen LogP contribution < -0.4 is 10.6 Å². The van der Waals surface area contributed by atoms with E-state index in [9.17, 15) is 9.59 Å². The molecule has 7 nitrogen and oxygen atoms in total.